The monoisotopic (exact) mass is 108 g/mol. The molecule has 2 saturated carbocycles. The van der Waals surface area contributed by atoms with Crippen molar-refractivity contribution in [1.29, 1.82) is 0 Å². The van der Waals surface area contributed by atoms with Crippen molar-refractivity contribution in [3.8, 4) is 0 Å². The van der Waals surface area contributed by atoms with E-state index in [-0.39, 0.29) is 0 Å². The van der Waals surface area contributed by atoms with E-state index in [2.05, 4.69) is 6.58 Å². The minimum atomic E-state index is 0.976. The lowest BCUT2D eigenvalue weighted by molar-refractivity contribution is 0.480. The maximum Gasteiger partial charge on any atom is -0.0137 e. The first-order valence-corrected chi connectivity index (χ1v) is 3.58. The smallest absolute Gasteiger partial charge is 0.0137 e. The van der Waals surface area contributed by atoms with Crippen molar-refractivity contribution >= 4 is 0 Å². The zero-order chi connectivity index (χ0) is 5.56. The summed E-state index contributed by atoms with van der Waals surface area (Å²) >= 11 is 0. The second-order valence-electron chi connectivity index (χ2n) is 3.07. The van der Waals surface area contributed by atoms with Gasteiger partial charge < -0.3 is 0 Å². The minimum Gasteiger partial charge on any atom is -0.0993 e. The summed E-state index contributed by atoms with van der Waals surface area (Å²) in [6, 6.07) is 0. The van der Waals surface area contributed by atoms with E-state index in [9.17, 15) is 0 Å². The molecule has 0 nitrogen and oxygen atoms in total. The summed E-state index contributed by atoms with van der Waals surface area (Å²) in [6.45, 7) is 4.01. The zero-order valence-electron chi connectivity index (χ0n) is 5.19. The number of hydrogen-bond donors (Lipinski definition) is 0. The average molecular weight is 108 g/mol. The topological polar surface area (TPSA) is 0 Å². The van der Waals surface area contributed by atoms with Gasteiger partial charge in [-0.25, -0.2) is 0 Å². The van der Waals surface area contributed by atoms with Crippen LogP contribution >= 0.6 is 0 Å². The molecule has 44 valence electrons. The van der Waals surface area contributed by atoms with Gasteiger partial charge in [0, 0.05) is 0 Å². The van der Waals surface area contributed by atoms with Gasteiger partial charge in [0.2, 0.25) is 0 Å². The van der Waals surface area contributed by atoms with Crippen molar-refractivity contribution in [2.75, 3.05) is 0 Å². The number of allylic oxidation sites excluding steroid dienone is 1. The molecule has 2 aliphatic rings. The Labute approximate surface area is 50.6 Å². The summed E-state index contributed by atoms with van der Waals surface area (Å²) in [4.78, 5) is 0. The molecule has 0 amide bonds. The minimum absolute atomic E-state index is 0.976. The van der Waals surface area contributed by atoms with Crippen LogP contribution in [0.1, 0.15) is 25.7 Å². The highest BCUT2D eigenvalue weighted by atomic mass is 14.5. The van der Waals surface area contributed by atoms with Crippen molar-refractivity contribution in [3.05, 3.63) is 12.2 Å². The van der Waals surface area contributed by atoms with Crippen LogP contribution in [0.15, 0.2) is 12.2 Å². The maximum atomic E-state index is 4.01. The van der Waals surface area contributed by atoms with Crippen LogP contribution in [0, 0.1) is 11.8 Å². The van der Waals surface area contributed by atoms with Gasteiger partial charge in [-0.1, -0.05) is 25.0 Å². The van der Waals surface area contributed by atoms with Crippen molar-refractivity contribution in [2.24, 2.45) is 11.8 Å². The number of fused-ring (bicyclic) bond motifs is 1. The van der Waals surface area contributed by atoms with Crippen molar-refractivity contribution < 1.29 is 0 Å². The maximum absolute atomic E-state index is 4.01. The molecule has 0 bridgehead atoms. The van der Waals surface area contributed by atoms with Crippen LogP contribution in [-0.4, -0.2) is 0 Å². The van der Waals surface area contributed by atoms with E-state index in [0.29, 0.717) is 0 Å². The summed E-state index contributed by atoms with van der Waals surface area (Å²) in [5.41, 5.74) is 1.56. The molecule has 2 rings (SSSR count). The first-order chi connectivity index (χ1) is 3.89. The first-order valence-electron chi connectivity index (χ1n) is 3.58. The molecule has 0 heterocycles. The fourth-order valence-corrected chi connectivity index (χ4v) is 1.95. The lowest BCUT2D eigenvalue weighted by Crippen LogP contribution is -1.91. The lowest BCUT2D eigenvalue weighted by Gasteiger charge is -2.04. The molecule has 0 unspecified atom stereocenters. The molecule has 0 heteroatoms. The van der Waals surface area contributed by atoms with E-state index in [1.165, 1.54) is 25.7 Å². The Morgan fingerprint density at radius 1 is 1.12 bits per heavy atom. The van der Waals surface area contributed by atoms with Crippen LogP contribution in [0.3, 0.4) is 0 Å². The van der Waals surface area contributed by atoms with Crippen LogP contribution in [0.5, 0.6) is 0 Å². The van der Waals surface area contributed by atoms with E-state index in [1.807, 2.05) is 0 Å². The van der Waals surface area contributed by atoms with Gasteiger partial charge in [0.15, 0.2) is 0 Å². The Bertz CT molecular complexity index is 110. The summed E-state index contributed by atoms with van der Waals surface area (Å²) in [6.07, 6.45) is 5.81. The lowest BCUT2D eigenvalue weighted by atomic mass is 10.0. The van der Waals surface area contributed by atoms with Crippen LogP contribution in [-0.2, 0) is 0 Å². The first kappa shape index (κ1) is 4.60. The van der Waals surface area contributed by atoms with Crippen LogP contribution in [0.25, 0.3) is 0 Å². The molecule has 0 aromatic carbocycles. The van der Waals surface area contributed by atoms with E-state index < -0.39 is 0 Å². The van der Waals surface area contributed by atoms with Gasteiger partial charge >= 0.3 is 0 Å². The second kappa shape index (κ2) is 1.37. The molecule has 2 aliphatic carbocycles. The predicted octanol–water partition coefficient (Wildman–Crippen LogP) is 2.36. The number of rotatable bonds is 0. The number of hydrogen-bond acceptors (Lipinski definition) is 0. The Kier molecular flexibility index (Phi) is 0.787. The van der Waals surface area contributed by atoms with Crippen LogP contribution in [0.2, 0.25) is 0 Å². The largest absolute Gasteiger partial charge is 0.0993 e. The van der Waals surface area contributed by atoms with Gasteiger partial charge in [-0.05, 0) is 24.7 Å². The average Bonchev–Trinajstić information content (AvgIpc) is 2.46. The molecular weight excluding hydrogens is 96.1 g/mol. The van der Waals surface area contributed by atoms with E-state index in [0.717, 1.165) is 11.8 Å². The van der Waals surface area contributed by atoms with Gasteiger partial charge in [0.05, 0.1) is 0 Å². The quantitative estimate of drug-likeness (QED) is 0.418. The third-order valence-corrected chi connectivity index (χ3v) is 2.61. The van der Waals surface area contributed by atoms with E-state index >= 15 is 0 Å². The summed E-state index contributed by atoms with van der Waals surface area (Å²) in [7, 11) is 0. The predicted molar refractivity (Wildman–Crippen MR) is 34.6 cm³/mol. The van der Waals surface area contributed by atoms with Gasteiger partial charge in [-0.3, -0.25) is 0 Å². The highest BCUT2D eigenvalue weighted by molar-refractivity contribution is 5.26. The van der Waals surface area contributed by atoms with E-state index in [1.54, 1.807) is 5.57 Å². The fraction of sp³-hybridized carbons (Fsp3) is 0.750. The molecule has 0 spiro atoms. The Hall–Kier alpha value is -0.260. The molecule has 0 radical (unpaired) electrons. The molecular formula is C8H12. The molecule has 0 aliphatic heterocycles. The summed E-state index contributed by atoms with van der Waals surface area (Å²) in [5.74, 6) is 1.95. The SMILES string of the molecule is C=C1[C@H]2CCCC[C@@H]12. The second-order valence-corrected chi connectivity index (χ2v) is 3.07. The Balaban J connectivity index is 2.07. The van der Waals surface area contributed by atoms with Gasteiger partial charge in [-0.2, -0.15) is 0 Å². The summed E-state index contributed by atoms with van der Waals surface area (Å²) in [5, 5.41) is 0. The van der Waals surface area contributed by atoms with E-state index in [4.69, 9.17) is 0 Å². The van der Waals surface area contributed by atoms with Gasteiger partial charge in [-0.15, -0.1) is 0 Å². The molecule has 0 N–H and O–H groups in total. The van der Waals surface area contributed by atoms with Crippen molar-refractivity contribution in [2.45, 2.75) is 25.7 Å². The molecule has 0 aromatic heterocycles. The molecule has 8 heavy (non-hydrogen) atoms. The molecule has 2 fully saturated rings. The molecule has 0 saturated heterocycles. The normalized spacial score (nSPS) is 43.8. The van der Waals surface area contributed by atoms with Crippen LogP contribution < -0.4 is 0 Å². The summed E-state index contributed by atoms with van der Waals surface area (Å²) < 4.78 is 0. The van der Waals surface area contributed by atoms with Gasteiger partial charge in [0.1, 0.15) is 0 Å². The third-order valence-electron chi connectivity index (χ3n) is 2.61. The fourth-order valence-electron chi connectivity index (χ4n) is 1.95. The van der Waals surface area contributed by atoms with Crippen LogP contribution in [0.4, 0.5) is 0 Å². The standard InChI is InChI=1S/C8H12/c1-6-7-4-2-3-5-8(6)7/h7-8H,1-5H2/t7-,8+. The Morgan fingerprint density at radius 3 is 2.00 bits per heavy atom. The Morgan fingerprint density at radius 2 is 1.62 bits per heavy atom. The highest BCUT2D eigenvalue weighted by Crippen LogP contribution is 2.53. The van der Waals surface area contributed by atoms with Crippen molar-refractivity contribution in [3.63, 3.8) is 0 Å². The zero-order valence-corrected chi connectivity index (χ0v) is 5.19. The molecule has 0 aromatic rings. The molecule has 2 atom stereocenters. The van der Waals surface area contributed by atoms with Gasteiger partial charge in [0.25, 0.3) is 0 Å². The van der Waals surface area contributed by atoms with Crippen molar-refractivity contribution in [1.82, 2.24) is 0 Å². The highest BCUT2D eigenvalue weighted by Gasteiger charge is 2.42. The third kappa shape index (κ3) is 0.460.